The molecule has 0 aliphatic carbocycles. The molecule has 0 spiro atoms. The number of carboxylic acids is 1. The highest BCUT2D eigenvalue weighted by atomic mass is 16.4. The molecule has 29 heavy (non-hydrogen) atoms. The molecule has 0 heterocycles. The first-order valence-electron chi connectivity index (χ1n) is 8.42. The fourth-order valence-electron chi connectivity index (χ4n) is 2.62. The SMILES string of the molecule is O=C(O)c1cc(NC(=O)c2ccccc2O)cc(NC(=O)c2ccccc2O)c1. The fraction of sp³-hybridized carbons (Fsp3) is 0. The Morgan fingerprint density at radius 1 is 0.655 bits per heavy atom. The van der Waals surface area contributed by atoms with E-state index in [-0.39, 0.29) is 39.6 Å². The minimum absolute atomic E-state index is 0.00743. The Morgan fingerprint density at radius 2 is 1.07 bits per heavy atom. The third-order valence-electron chi connectivity index (χ3n) is 3.99. The fourth-order valence-corrected chi connectivity index (χ4v) is 2.62. The maximum absolute atomic E-state index is 12.4. The Hall–Kier alpha value is -4.33. The number of anilines is 2. The molecule has 8 heteroatoms. The van der Waals surface area contributed by atoms with E-state index in [0.29, 0.717) is 0 Å². The van der Waals surface area contributed by atoms with E-state index in [2.05, 4.69) is 10.6 Å². The van der Waals surface area contributed by atoms with Crippen molar-refractivity contribution in [3.8, 4) is 11.5 Å². The second-order valence-corrected chi connectivity index (χ2v) is 6.05. The van der Waals surface area contributed by atoms with Gasteiger partial charge in [0.05, 0.1) is 16.7 Å². The second kappa shape index (κ2) is 8.13. The Balaban J connectivity index is 1.89. The summed E-state index contributed by atoms with van der Waals surface area (Å²) >= 11 is 0. The molecule has 8 nitrogen and oxygen atoms in total. The lowest BCUT2D eigenvalue weighted by Crippen LogP contribution is -2.15. The first-order chi connectivity index (χ1) is 13.8. The molecule has 3 aromatic carbocycles. The van der Waals surface area contributed by atoms with Gasteiger partial charge in [-0.05, 0) is 42.5 Å². The van der Waals surface area contributed by atoms with Crippen molar-refractivity contribution in [2.24, 2.45) is 0 Å². The zero-order valence-corrected chi connectivity index (χ0v) is 14.9. The van der Waals surface area contributed by atoms with Crippen molar-refractivity contribution >= 4 is 29.2 Å². The zero-order chi connectivity index (χ0) is 21.0. The van der Waals surface area contributed by atoms with Gasteiger partial charge in [-0.1, -0.05) is 24.3 Å². The Bertz CT molecular complexity index is 1030. The molecule has 5 N–H and O–H groups in total. The maximum Gasteiger partial charge on any atom is 0.335 e. The number of carboxylic acid groups (broad SMARTS) is 1. The Kier molecular flexibility index (Phi) is 5.45. The molecule has 3 aromatic rings. The van der Waals surface area contributed by atoms with E-state index in [0.717, 1.165) is 0 Å². The topological polar surface area (TPSA) is 136 Å². The highest BCUT2D eigenvalue weighted by Crippen LogP contribution is 2.24. The van der Waals surface area contributed by atoms with Crippen molar-refractivity contribution in [2.45, 2.75) is 0 Å². The molecule has 0 aromatic heterocycles. The van der Waals surface area contributed by atoms with Gasteiger partial charge in [-0.3, -0.25) is 9.59 Å². The van der Waals surface area contributed by atoms with E-state index >= 15 is 0 Å². The van der Waals surface area contributed by atoms with Gasteiger partial charge in [0.2, 0.25) is 0 Å². The molecule has 0 radical (unpaired) electrons. The highest BCUT2D eigenvalue weighted by Gasteiger charge is 2.15. The van der Waals surface area contributed by atoms with Crippen LogP contribution in [0.2, 0.25) is 0 Å². The summed E-state index contributed by atoms with van der Waals surface area (Å²) in [5.41, 5.74) is 0.0465. The van der Waals surface area contributed by atoms with Gasteiger partial charge in [0.25, 0.3) is 11.8 Å². The van der Waals surface area contributed by atoms with Gasteiger partial charge < -0.3 is 26.0 Å². The number of benzene rings is 3. The Morgan fingerprint density at radius 3 is 1.45 bits per heavy atom. The van der Waals surface area contributed by atoms with Crippen molar-refractivity contribution < 1.29 is 29.7 Å². The summed E-state index contributed by atoms with van der Waals surface area (Å²) in [6, 6.07) is 15.6. The van der Waals surface area contributed by atoms with Crippen LogP contribution in [0.25, 0.3) is 0 Å². The maximum atomic E-state index is 12.4. The summed E-state index contributed by atoms with van der Waals surface area (Å²) in [5, 5.41) is 33.9. The summed E-state index contributed by atoms with van der Waals surface area (Å²) in [7, 11) is 0. The van der Waals surface area contributed by atoms with E-state index in [1.54, 1.807) is 24.3 Å². The van der Waals surface area contributed by atoms with Crippen LogP contribution >= 0.6 is 0 Å². The quantitative estimate of drug-likeness (QED) is 0.452. The van der Waals surface area contributed by atoms with E-state index in [9.17, 15) is 29.7 Å². The van der Waals surface area contributed by atoms with Crippen LogP contribution in [0.15, 0.2) is 66.7 Å². The summed E-state index contributed by atoms with van der Waals surface area (Å²) in [6.07, 6.45) is 0. The van der Waals surface area contributed by atoms with Crippen LogP contribution in [-0.4, -0.2) is 33.1 Å². The van der Waals surface area contributed by atoms with Crippen LogP contribution in [0.5, 0.6) is 11.5 Å². The number of rotatable bonds is 5. The lowest BCUT2D eigenvalue weighted by Gasteiger charge is -2.12. The summed E-state index contributed by atoms with van der Waals surface area (Å²) in [5.74, 6) is -3.02. The van der Waals surface area contributed by atoms with Crippen LogP contribution in [0.1, 0.15) is 31.1 Å². The molecule has 2 amide bonds. The predicted molar refractivity (Wildman–Crippen MR) is 106 cm³/mol. The van der Waals surface area contributed by atoms with Gasteiger partial charge in [0.1, 0.15) is 11.5 Å². The number of nitrogens with one attached hydrogen (secondary N) is 2. The van der Waals surface area contributed by atoms with Crippen LogP contribution in [-0.2, 0) is 0 Å². The minimum Gasteiger partial charge on any atom is -0.507 e. The molecule has 0 aliphatic rings. The summed E-state index contributed by atoms with van der Waals surface area (Å²) in [6.45, 7) is 0. The summed E-state index contributed by atoms with van der Waals surface area (Å²) in [4.78, 5) is 36.2. The van der Waals surface area contributed by atoms with Gasteiger partial charge in [-0.15, -0.1) is 0 Å². The molecule has 0 unspecified atom stereocenters. The molecule has 146 valence electrons. The van der Waals surface area contributed by atoms with Crippen molar-refractivity contribution in [3.05, 3.63) is 83.4 Å². The second-order valence-electron chi connectivity index (χ2n) is 6.05. The van der Waals surface area contributed by atoms with Crippen LogP contribution in [0.3, 0.4) is 0 Å². The van der Waals surface area contributed by atoms with Crippen molar-refractivity contribution in [1.29, 1.82) is 0 Å². The number of para-hydroxylation sites is 2. The Labute approximate surface area is 165 Å². The number of phenolic OH excluding ortho intramolecular Hbond substituents is 2. The molecule has 0 bridgehead atoms. The normalized spacial score (nSPS) is 10.2. The van der Waals surface area contributed by atoms with Gasteiger partial charge in [-0.2, -0.15) is 0 Å². The highest BCUT2D eigenvalue weighted by molar-refractivity contribution is 6.09. The lowest BCUT2D eigenvalue weighted by atomic mass is 10.1. The van der Waals surface area contributed by atoms with Crippen LogP contribution in [0, 0.1) is 0 Å². The molecule has 3 rings (SSSR count). The van der Waals surface area contributed by atoms with Crippen LogP contribution in [0.4, 0.5) is 11.4 Å². The average Bonchev–Trinajstić information content (AvgIpc) is 2.68. The van der Waals surface area contributed by atoms with Gasteiger partial charge in [-0.25, -0.2) is 4.79 Å². The molecule has 0 saturated heterocycles. The van der Waals surface area contributed by atoms with Crippen LogP contribution < -0.4 is 10.6 Å². The molecular formula is C21H16N2O6. The lowest BCUT2D eigenvalue weighted by molar-refractivity contribution is 0.0696. The number of carbonyl (C=O) groups excluding carboxylic acids is 2. The van der Waals surface area contributed by atoms with Gasteiger partial charge >= 0.3 is 5.97 Å². The van der Waals surface area contributed by atoms with E-state index in [4.69, 9.17) is 0 Å². The monoisotopic (exact) mass is 392 g/mol. The van der Waals surface area contributed by atoms with Crippen molar-refractivity contribution in [1.82, 2.24) is 0 Å². The average molecular weight is 392 g/mol. The number of aromatic hydroxyl groups is 2. The molecular weight excluding hydrogens is 376 g/mol. The number of phenols is 2. The van der Waals surface area contributed by atoms with Crippen molar-refractivity contribution in [2.75, 3.05) is 10.6 Å². The number of hydrogen-bond acceptors (Lipinski definition) is 5. The number of carbonyl (C=O) groups is 3. The van der Waals surface area contributed by atoms with E-state index in [1.807, 2.05) is 0 Å². The molecule has 0 atom stereocenters. The predicted octanol–water partition coefficient (Wildman–Crippen LogP) is 3.30. The van der Waals surface area contributed by atoms with E-state index < -0.39 is 17.8 Å². The standard InChI is InChI=1S/C21H16N2O6/c24-17-7-3-1-5-15(17)19(26)22-13-9-12(21(28)29)10-14(11-13)23-20(27)16-6-2-4-8-18(16)25/h1-11,24-25H,(H,22,26)(H,23,27)(H,28,29). The van der Waals surface area contributed by atoms with Crippen molar-refractivity contribution in [3.63, 3.8) is 0 Å². The summed E-state index contributed by atoms with van der Waals surface area (Å²) < 4.78 is 0. The van der Waals surface area contributed by atoms with E-state index in [1.165, 1.54) is 42.5 Å². The number of hydrogen-bond donors (Lipinski definition) is 5. The minimum atomic E-state index is -1.26. The molecule has 0 fully saturated rings. The zero-order valence-electron chi connectivity index (χ0n) is 14.9. The molecule has 0 aliphatic heterocycles. The third kappa shape index (κ3) is 4.51. The largest absolute Gasteiger partial charge is 0.507 e. The number of aromatic carboxylic acids is 1. The van der Waals surface area contributed by atoms with Gasteiger partial charge in [0, 0.05) is 11.4 Å². The van der Waals surface area contributed by atoms with Gasteiger partial charge in [0.15, 0.2) is 0 Å². The first-order valence-corrected chi connectivity index (χ1v) is 8.42. The number of amides is 2. The third-order valence-corrected chi connectivity index (χ3v) is 3.99. The molecule has 0 saturated carbocycles. The first kappa shape index (κ1) is 19.4. The smallest absolute Gasteiger partial charge is 0.335 e.